The monoisotopic (exact) mass is 348 g/mol. The Hall–Kier alpha value is -2.24. The Labute approximate surface area is 149 Å². The third kappa shape index (κ3) is 7.45. The number of hydrogen-bond acceptors (Lipinski definition) is 4. The zero-order valence-corrected chi connectivity index (χ0v) is 14.9. The maximum atomic E-state index is 11.8. The molecule has 1 saturated carbocycles. The summed E-state index contributed by atoms with van der Waals surface area (Å²) in [5.41, 5.74) is 0. The molecule has 1 aliphatic rings. The number of nitrogens with one attached hydrogen (secondary N) is 2. The predicted molar refractivity (Wildman–Crippen MR) is 95.7 cm³/mol. The molecule has 0 unspecified atom stereocenters. The number of carbonyl (C=O) groups excluding carboxylic acids is 2. The summed E-state index contributed by atoms with van der Waals surface area (Å²) in [6.45, 7) is 2.98. The number of benzene rings is 1. The van der Waals surface area contributed by atoms with Crippen molar-refractivity contribution in [2.24, 2.45) is 0 Å². The lowest BCUT2D eigenvalue weighted by atomic mass is 10.2. The second kappa shape index (κ2) is 10.6. The Balaban J connectivity index is 1.57. The van der Waals surface area contributed by atoms with E-state index in [1.807, 2.05) is 12.1 Å². The molecule has 1 aromatic carbocycles. The van der Waals surface area contributed by atoms with Gasteiger partial charge in [0.15, 0.2) is 6.61 Å². The van der Waals surface area contributed by atoms with Crippen LogP contribution in [0.3, 0.4) is 0 Å². The number of rotatable bonds is 10. The molecule has 6 nitrogen and oxygen atoms in total. The second-order valence-electron chi connectivity index (χ2n) is 6.26. The molecule has 1 fully saturated rings. The highest BCUT2D eigenvalue weighted by molar-refractivity contribution is 5.79. The van der Waals surface area contributed by atoms with Gasteiger partial charge in [-0.2, -0.15) is 0 Å². The fourth-order valence-electron chi connectivity index (χ4n) is 2.74. The van der Waals surface area contributed by atoms with Gasteiger partial charge in [-0.1, -0.05) is 19.8 Å². The molecule has 25 heavy (non-hydrogen) atoms. The van der Waals surface area contributed by atoms with Crippen LogP contribution in [0, 0.1) is 0 Å². The predicted octanol–water partition coefficient (Wildman–Crippen LogP) is 2.42. The van der Waals surface area contributed by atoms with Crippen molar-refractivity contribution < 1.29 is 19.1 Å². The molecule has 2 rings (SSSR count). The summed E-state index contributed by atoms with van der Waals surface area (Å²) in [6, 6.07) is 7.49. The van der Waals surface area contributed by atoms with Crippen molar-refractivity contribution in [2.45, 2.75) is 51.5 Å². The fourth-order valence-corrected chi connectivity index (χ4v) is 2.74. The summed E-state index contributed by atoms with van der Waals surface area (Å²) in [7, 11) is 0. The first-order valence-electron chi connectivity index (χ1n) is 9.09. The number of amides is 2. The molecular formula is C19H28N2O4. The lowest BCUT2D eigenvalue weighted by Gasteiger charge is -2.12. The zero-order valence-electron chi connectivity index (χ0n) is 14.9. The van der Waals surface area contributed by atoms with E-state index in [9.17, 15) is 9.59 Å². The van der Waals surface area contributed by atoms with Gasteiger partial charge < -0.3 is 20.1 Å². The molecule has 1 aromatic rings. The number of hydrogen-bond donors (Lipinski definition) is 2. The van der Waals surface area contributed by atoms with Crippen molar-refractivity contribution in [1.29, 1.82) is 0 Å². The Bertz CT molecular complexity index is 539. The Morgan fingerprint density at radius 1 is 1.04 bits per heavy atom. The maximum absolute atomic E-state index is 11.8. The van der Waals surface area contributed by atoms with Crippen LogP contribution < -0.4 is 20.1 Å². The van der Waals surface area contributed by atoms with E-state index < -0.39 is 0 Å². The van der Waals surface area contributed by atoms with Crippen LogP contribution in [0.4, 0.5) is 0 Å². The molecule has 0 aromatic heterocycles. The highest BCUT2D eigenvalue weighted by Crippen LogP contribution is 2.18. The van der Waals surface area contributed by atoms with Crippen molar-refractivity contribution in [1.82, 2.24) is 10.6 Å². The second-order valence-corrected chi connectivity index (χ2v) is 6.26. The van der Waals surface area contributed by atoms with Gasteiger partial charge in [0.2, 0.25) is 5.91 Å². The molecule has 138 valence electrons. The lowest BCUT2D eigenvalue weighted by Crippen LogP contribution is -2.36. The van der Waals surface area contributed by atoms with Gasteiger partial charge >= 0.3 is 0 Å². The van der Waals surface area contributed by atoms with Gasteiger partial charge in [0.05, 0.1) is 6.61 Å². The molecule has 0 saturated heterocycles. The van der Waals surface area contributed by atoms with Gasteiger partial charge in [0.25, 0.3) is 5.91 Å². The summed E-state index contributed by atoms with van der Waals surface area (Å²) in [5.74, 6) is 1.15. The van der Waals surface area contributed by atoms with Gasteiger partial charge in [0.1, 0.15) is 11.5 Å². The molecule has 6 heteroatoms. The lowest BCUT2D eigenvalue weighted by molar-refractivity contribution is -0.123. The van der Waals surface area contributed by atoms with Gasteiger partial charge in [-0.25, -0.2) is 0 Å². The van der Waals surface area contributed by atoms with E-state index in [-0.39, 0.29) is 18.4 Å². The first-order chi connectivity index (χ1) is 12.2. The Kier molecular flexibility index (Phi) is 8.09. The standard InChI is InChI=1S/C19H28N2O4/c1-2-13-24-16-7-9-17(10-8-16)25-14-19(23)20-12-11-18(22)21-15-5-3-4-6-15/h7-10,15H,2-6,11-14H2,1H3,(H,20,23)(H,21,22). The summed E-state index contributed by atoms with van der Waals surface area (Å²) in [6.07, 6.45) is 5.75. The van der Waals surface area contributed by atoms with Crippen molar-refractivity contribution in [2.75, 3.05) is 19.8 Å². The molecule has 0 atom stereocenters. The minimum atomic E-state index is -0.236. The smallest absolute Gasteiger partial charge is 0.257 e. The minimum absolute atomic E-state index is 0.00390. The average molecular weight is 348 g/mol. The van der Waals surface area contributed by atoms with Gasteiger partial charge in [-0.05, 0) is 43.5 Å². The largest absolute Gasteiger partial charge is 0.494 e. The molecule has 2 amide bonds. The average Bonchev–Trinajstić information content (AvgIpc) is 3.12. The van der Waals surface area contributed by atoms with E-state index in [2.05, 4.69) is 17.6 Å². The normalized spacial score (nSPS) is 14.1. The van der Waals surface area contributed by atoms with Crippen molar-refractivity contribution in [3.8, 4) is 11.5 Å². The van der Waals surface area contributed by atoms with Crippen molar-refractivity contribution >= 4 is 11.8 Å². The Morgan fingerprint density at radius 3 is 2.32 bits per heavy atom. The van der Waals surface area contributed by atoms with Gasteiger partial charge in [-0.15, -0.1) is 0 Å². The topological polar surface area (TPSA) is 76.7 Å². The molecule has 0 spiro atoms. The molecule has 1 aliphatic carbocycles. The van der Waals surface area contributed by atoms with Crippen molar-refractivity contribution in [3.63, 3.8) is 0 Å². The molecular weight excluding hydrogens is 320 g/mol. The maximum Gasteiger partial charge on any atom is 0.257 e. The third-order valence-corrected chi connectivity index (χ3v) is 4.06. The Morgan fingerprint density at radius 2 is 1.68 bits per heavy atom. The SMILES string of the molecule is CCCOc1ccc(OCC(=O)NCCC(=O)NC2CCCC2)cc1. The van der Waals surface area contributed by atoms with Crippen LogP contribution in [0.5, 0.6) is 11.5 Å². The summed E-state index contributed by atoms with van der Waals surface area (Å²) in [5, 5.41) is 5.70. The highest BCUT2D eigenvalue weighted by atomic mass is 16.5. The van der Waals surface area contributed by atoms with Gasteiger partial charge in [0, 0.05) is 19.0 Å². The van der Waals surface area contributed by atoms with E-state index in [0.29, 0.717) is 31.4 Å². The molecule has 0 radical (unpaired) electrons. The van der Waals surface area contributed by atoms with Crippen LogP contribution in [0.25, 0.3) is 0 Å². The van der Waals surface area contributed by atoms with E-state index in [1.165, 1.54) is 12.8 Å². The van der Waals surface area contributed by atoms with E-state index in [4.69, 9.17) is 9.47 Å². The van der Waals surface area contributed by atoms with E-state index >= 15 is 0 Å². The van der Waals surface area contributed by atoms with Crippen LogP contribution >= 0.6 is 0 Å². The number of ether oxygens (including phenoxy) is 2. The first kappa shape index (κ1) is 19.1. The summed E-state index contributed by atoms with van der Waals surface area (Å²) < 4.78 is 10.9. The molecule has 0 heterocycles. The van der Waals surface area contributed by atoms with E-state index in [0.717, 1.165) is 25.0 Å². The molecule has 0 bridgehead atoms. The zero-order chi connectivity index (χ0) is 17.9. The first-order valence-corrected chi connectivity index (χ1v) is 9.09. The molecule has 0 aliphatic heterocycles. The van der Waals surface area contributed by atoms with Crippen LogP contribution in [-0.2, 0) is 9.59 Å². The van der Waals surface area contributed by atoms with E-state index in [1.54, 1.807) is 12.1 Å². The van der Waals surface area contributed by atoms with Crippen LogP contribution in [0.15, 0.2) is 24.3 Å². The van der Waals surface area contributed by atoms with Gasteiger partial charge in [-0.3, -0.25) is 9.59 Å². The van der Waals surface area contributed by atoms with Crippen LogP contribution in [0.2, 0.25) is 0 Å². The van der Waals surface area contributed by atoms with Crippen molar-refractivity contribution in [3.05, 3.63) is 24.3 Å². The summed E-state index contributed by atoms with van der Waals surface area (Å²) in [4.78, 5) is 23.5. The molecule has 2 N–H and O–H groups in total. The van der Waals surface area contributed by atoms with Crippen LogP contribution in [-0.4, -0.2) is 37.6 Å². The summed E-state index contributed by atoms with van der Waals surface area (Å²) >= 11 is 0. The minimum Gasteiger partial charge on any atom is -0.494 e. The van der Waals surface area contributed by atoms with Crippen LogP contribution in [0.1, 0.15) is 45.4 Å². The highest BCUT2D eigenvalue weighted by Gasteiger charge is 2.16. The third-order valence-electron chi connectivity index (χ3n) is 4.06. The number of carbonyl (C=O) groups is 2. The fraction of sp³-hybridized carbons (Fsp3) is 0.579. The quantitative estimate of drug-likeness (QED) is 0.681.